The Labute approximate surface area is 228 Å². The first-order valence-electron chi connectivity index (χ1n) is 11.5. The summed E-state index contributed by atoms with van der Waals surface area (Å²) in [7, 11) is 1.26. The lowest BCUT2D eigenvalue weighted by Crippen LogP contribution is -2.20. The molecule has 0 aliphatic carbocycles. The van der Waals surface area contributed by atoms with Gasteiger partial charge in [0.2, 0.25) is 0 Å². The van der Waals surface area contributed by atoms with Gasteiger partial charge in [-0.2, -0.15) is 5.26 Å². The minimum absolute atomic E-state index is 0.0814. The number of esters is 1. The molecule has 0 aliphatic rings. The van der Waals surface area contributed by atoms with Crippen LogP contribution in [0.3, 0.4) is 0 Å². The molecule has 3 aromatic rings. The molecule has 0 bridgehead atoms. The van der Waals surface area contributed by atoms with E-state index in [0.29, 0.717) is 22.5 Å². The molecule has 0 spiro atoms. The van der Waals surface area contributed by atoms with E-state index in [1.165, 1.54) is 73.8 Å². The van der Waals surface area contributed by atoms with E-state index >= 15 is 0 Å². The smallest absolute Gasteiger partial charge is 0.337 e. The van der Waals surface area contributed by atoms with Gasteiger partial charge in [0.25, 0.3) is 11.8 Å². The molecule has 0 radical (unpaired) electrons. The Bertz CT molecular complexity index is 1430. The summed E-state index contributed by atoms with van der Waals surface area (Å²) >= 11 is 6.39. The zero-order valence-electron chi connectivity index (χ0n) is 20.9. The summed E-state index contributed by atoms with van der Waals surface area (Å²) in [6.07, 6.45) is 1.32. The van der Waals surface area contributed by atoms with Gasteiger partial charge in [-0.15, -0.1) is 0 Å². The van der Waals surface area contributed by atoms with Gasteiger partial charge in [-0.1, -0.05) is 11.6 Å². The van der Waals surface area contributed by atoms with E-state index in [1.807, 2.05) is 6.07 Å². The fourth-order valence-corrected chi connectivity index (χ4v) is 3.54. The van der Waals surface area contributed by atoms with Crippen molar-refractivity contribution >= 4 is 46.8 Å². The Hall–Kier alpha value is -4.88. The van der Waals surface area contributed by atoms with Crippen molar-refractivity contribution in [2.75, 3.05) is 31.0 Å². The summed E-state index contributed by atoms with van der Waals surface area (Å²) in [5.74, 6) is -1.85. The zero-order chi connectivity index (χ0) is 28.4. The molecule has 3 aromatic carbocycles. The average molecular weight is 552 g/mol. The molecule has 2 N–H and O–H groups in total. The van der Waals surface area contributed by atoms with E-state index in [2.05, 4.69) is 15.4 Å². The van der Waals surface area contributed by atoms with Gasteiger partial charge < -0.3 is 24.8 Å². The standard InChI is InChI=1S/C28H23ClFN3O6/c1-3-38-24-14-17(12-19(15-31)27(35)33-22-8-4-18(5-9-22)28(36)37-2)13-23(29)26(24)39-16-25(34)32-21-10-6-20(30)7-11-21/h4-14H,3,16H2,1-2H3,(H,32,34)(H,33,35)/b19-12-. The van der Waals surface area contributed by atoms with Crippen LogP contribution < -0.4 is 20.1 Å². The Balaban J connectivity index is 1.74. The number of anilines is 2. The Morgan fingerprint density at radius 2 is 1.64 bits per heavy atom. The Morgan fingerprint density at radius 3 is 2.26 bits per heavy atom. The summed E-state index contributed by atoms with van der Waals surface area (Å²) in [6.45, 7) is 1.57. The third-order valence-electron chi connectivity index (χ3n) is 5.05. The molecule has 0 fully saturated rings. The summed E-state index contributed by atoms with van der Waals surface area (Å²) in [6, 6.07) is 16.0. The number of ether oxygens (including phenoxy) is 3. The number of hydrogen-bond donors (Lipinski definition) is 2. The van der Waals surface area contributed by atoms with Gasteiger partial charge in [0.05, 0.1) is 24.3 Å². The third-order valence-corrected chi connectivity index (χ3v) is 5.33. The lowest BCUT2D eigenvalue weighted by atomic mass is 10.1. The second kappa shape index (κ2) is 13.6. The number of nitrogens with zero attached hydrogens (tertiary/aromatic N) is 1. The van der Waals surface area contributed by atoms with E-state index in [1.54, 1.807) is 6.92 Å². The van der Waals surface area contributed by atoms with Crippen molar-refractivity contribution < 1.29 is 33.0 Å². The van der Waals surface area contributed by atoms with Crippen LogP contribution >= 0.6 is 11.6 Å². The van der Waals surface area contributed by atoms with Gasteiger partial charge in [0, 0.05) is 11.4 Å². The largest absolute Gasteiger partial charge is 0.490 e. The van der Waals surface area contributed by atoms with Crippen LogP contribution in [0.5, 0.6) is 11.5 Å². The quantitative estimate of drug-likeness (QED) is 0.201. The van der Waals surface area contributed by atoms with Crippen LogP contribution in [0.25, 0.3) is 6.08 Å². The van der Waals surface area contributed by atoms with Gasteiger partial charge in [-0.05, 0) is 79.2 Å². The average Bonchev–Trinajstić information content (AvgIpc) is 2.92. The lowest BCUT2D eigenvalue weighted by Gasteiger charge is -2.14. The number of hydrogen-bond acceptors (Lipinski definition) is 7. The number of amides is 2. The van der Waals surface area contributed by atoms with E-state index in [0.717, 1.165) is 0 Å². The van der Waals surface area contributed by atoms with Crippen molar-refractivity contribution in [2.24, 2.45) is 0 Å². The fourth-order valence-electron chi connectivity index (χ4n) is 3.26. The predicted molar refractivity (Wildman–Crippen MR) is 143 cm³/mol. The molecule has 3 rings (SSSR count). The van der Waals surface area contributed by atoms with Crippen LogP contribution in [0.1, 0.15) is 22.8 Å². The van der Waals surface area contributed by atoms with Gasteiger partial charge >= 0.3 is 5.97 Å². The van der Waals surface area contributed by atoms with Crippen LogP contribution in [0.2, 0.25) is 5.02 Å². The first kappa shape index (κ1) is 28.7. The van der Waals surface area contributed by atoms with Gasteiger partial charge in [0.15, 0.2) is 18.1 Å². The molecule has 39 heavy (non-hydrogen) atoms. The maximum Gasteiger partial charge on any atom is 0.337 e. The predicted octanol–water partition coefficient (Wildman–Crippen LogP) is 5.23. The number of carbonyl (C=O) groups is 3. The van der Waals surface area contributed by atoms with Crippen molar-refractivity contribution in [3.05, 3.63) is 88.2 Å². The highest BCUT2D eigenvalue weighted by molar-refractivity contribution is 6.32. The second-order valence-corrected chi connectivity index (χ2v) is 8.21. The van der Waals surface area contributed by atoms with Crippen LogP contribution in [-0.4, -0.2) is 38.1 Å². The van der Waals surface area contributed by atoms with Crippen molar-refractivity contribution in [1.29, 1.82) is 5.26 Å². The molecule has 0 heterocycles. The number of halogens is 2. The number of carbonyl (C=O) groups excluding carboxylic acids is 3. The molecule has 200 valence electrons. The van der Waals surface area contributed by atoms with Crippen molar-refractivity contribution in [1.82, 2.24) is 0 Å². The fraction of sp³-hybridized carbons (Fsp3) is 0.143. The van der Waals surface area contributed by atoms with E-state index in [-0.39, 0.29) is 28.7 Å². The SMILES string of the molecule is CCOc1cc(/C=C(/C#N)C(=O)Nc2ccc(C(=O)OC)cc2)cc(Cl)c1OCC(=O)Nc1ccc(F)cc1. The van der Waals surface area contributed by atoms with Crippen LogP contribution in [-0.2, 0) is 14.3 Å². The van der Waals surface area contributed by atoms with Gasteiger partial charge in [0.1, 0.15) is 17.5 Å². The molecule has 2 amide bonds. The van der Waals surface area contributed by atoms with Crippen LogP contribution in [0, 0.1) is 17.1 Å². The molecule has 0 saturated carbocycles. The minimum Gasteiger partial charge on any atom is -0.490 e. The monoisotopic (exact) mass is 551 g/mol. The highest BCUT2D eigenvalue weighted by Gasteiger charge is 2.16. The summed E-state index contributed by atoms with van der Waals surface area (Å²) in [5, 5.41) is 14.8. The number of rotatable bonds is 10. The molecular weight excluding hydrogens is 529 g/mol. The summed E-state index contributed by atoms with van der Waals surface area (Å²) in [4.78, 5) is 36.5. The van der Waals surface area contributed by atoms with Gasteiger partial charge in [-0.25, -0.2) is 9.18 Å². The van der Waals surface area contributed by atoms with Gasteiger partial charge in [-0.3, -0.25) is 9.59 Å². The normalized spacial score (nSPS) is 10.7. The van der Waals surface area contributed by atoms with Crippen LogP contribution in [0.15, 0.2) is 66.2 Å². The number of nitrogens with one attached hydrogen (secondary N) is 2. The zero-order valence-corrected chi connectivity index (χ0v) is 21.7. The molecule has 11 heteroatoms. The van der Waals surface area contributed by atoms with Crippen molar-refractivity contribution in [3.63, 3.8) is 0 Å². The van der Waals surface area contributed by atoms with Crippen molar-refractivity contribution in [3.8, 4) is 17.6 Å². The Morgan fingerprint density at radius 1 is 1.00 bits per heavy atom. The molecule has 0 aliphatic heterocycles. The Kier molecular flexibility index (Phi) is 10.0. The summed E-state index contributed by atoms with van der Waals surface area (Å²) < 4.78 is 28.9. The minimum atomic E-state index is -0.685. The molecule has 0 aromatic heterocycles. The first-order valence-corrected chi connectivity index (χ1v) is 11.9. The van der Waals surface area contributed by atoms with Crippen LogP contribution in [0.4, 0.5) is 15.8 Å². The number of methoxy groups -OCH3 is 1. The molecule has 0 unspecified atom stereocenters. The van der Waals surface area contributed by atoms with Crippen molar-refractivity contribution in [2.45, 2.75) is 6.92 Å². The lowest BCUT2D eigenvalue weighted by molar-refractivity contribution is -0.118. The van der Waals surface area contributed by atoms with E-state index < -0.39 is 30.2 Å². The summed E-state index contributed by atoms with van der Waals surface area (Å²) in [5.41, 5.74) is 1.21. The third kappa shape index (κ3) is 8.05. The maximum atomic E-state index is 13.1. The maximum absolute atomic E-state index is 13.1. The highest BCUT2D eigenvalue weighted by Crippen LogP contribution is 2.37. The molecule has 0 atom stereocenters. The number of benzene rings is 3. The molecule has 0 saturated heterocycles. The topological polar surface area (TPSA) is 127 Å². The first-order chi connectivity index (χ1) is 18.7. The highest BCUT2D eigenvalue weighted by atomic mass is 35.5. The van der Waals surface area contributed by atoms with E-state index in [4.69, 9.17) is 21.1 Å². The second-order valence-electron chi connectivity index (χ2n) is 7.80. The van der Waals surface area contributed by atoms with E-state index in [9.17, 15) is 24.0 Å². The number of nitriles is 1. The molecular formula is C28H23ClFN3O6. The molecule has 9 nitrogen and oxygen atoms in total.